The lowest BCUT2D eigenvalue weighted by Crippen LogP contribution is -2.20. The van der Waals surface area contributed by atoms with E-state index in [2.05, 4.69) is 5.32 Å². The molecule has 0 fully saturated rings. The van der Waals surface area contributed by atoms with Crippen molar-refractivity contribution in [2.45, 2.75) is 13.3 Å². The molecule has 17 heavy (non-hydrogen) atoms. The molecule has 0 unspecified atom stereocenters. The zero-order valence-electron chi connectivity index (χ0n) is 9.73. The predicted octanol–water partition coefficient (Wildman–Crippen LogP) is 0.826. The standard InChI is InChI=1S/C12H16N2O3/c1-9-3-2-4-10(7-9)14-12(16)8-17-6-5-11(13)15/h2-4,7H,5-6,8H2,1H3,(H2,13,15)(H,14,16). The van der Waals surface area contributed by atoms with Gasteiger partial charge < -0.3 is 15.8 Å². The fraction of sp³-hybridized carbons (Fsp3) is 0.333. The topological polar surface area (TPSA) is 81.4 Å². The lowest BCUT2D eigenvalue weighted by molar-refractivity contribution is -0.123. The molecule has 92 valence electrons. The molecular formula is C12H16N2O3. The summed E-state index contributed by atoms with van der Waals surface area (Å²) in [5.41, 5.74) is 6.73. The Kier molecular flexibility index (Phi) is 5.16. The van der Waals surface area contributed by atoms with E-state index in [1.165, 1.54) is 0 Å². The number of rotatable bonds is 6. The SMILES string of the molecule is Cc1cccc(NC(=O)COCCC(N)=O)c1. The van der Waals surface area contributed by atoms with Gasteiger partial charge in [-0.3, -0.25) is 9.59 Å². The Morgan fingerprint density at radius 1 is 1.41 bits per heavy atom. The van der Waals surface area contributed by atoms with Gasteiger partial charge >= 0.3 is 0 Å². The van der Waals surface area contributed by atoms with Crippen molar-refractivity contribution in [3.63, 3.8) is 0 Å². The van der Waals surface area contributed by atoms with Crippen LogP contribution in [-0.4, -0.2) is 25.0 Å². The van der Waals surface area contributed by atoms with Gasteiger partial charge in [0.1, 0.15) is 6.61 Å². The molecule has 0 saturated heterocycles. The van der Waals surface area contributed by atoms with E-state index in [0.29, 0.717) is 0 Å². The third-order valence-electron chi connectivity index (χ3n) is 2.03. The van der Waals surface area contributed by atoms with E-state index in [1.54, 1.807) is 6.07 Å². The number of primary amides is 1. The van der Waals surface area contributed by atoms with E-state index >= 15 is 0 Å². The van der Waals surface area contributed by atoms with Crippen molar-refractivity contribution < 1.29 is 14.3 Å². The van der Waals surface area contributed by atoms with E-state index in [-0.39, 0.29) is 25.5 Å². The summed E-state index contributed by atoms with van der Waals surface area (Å²) in [6, 6.07) is 7.47. The smallest absolute Gasteiger partial charge is 0.250 e. The normalized spacial score (nSPS) is 9.94. The summed E-state index contributed by atoms with van der Waals surface area (Å²) in [6.07, 6.45) is 0.123. The molecule has 0 atom stereocenters. The van der Waals surface area contributed by atoms with E-state index < -0.39 is 5.91 Å². The van der Waals surface area contributed by atoms with Crippen LogP contribution >= 0.6 is 0 Å². The number of aryl methyl sites for hydroxylation is 1. The molecule has 0 radical (unpaired) electrons. The zero-order chi connectivity index (χ0) is 12.7. The summed E-state index contributed by atoms with van der Waals surface area (Å²) in [7, 11) is 0. The molecule has 0 heterocycles. The minimum Gasteiger partial charge on any atom is -0.371 e. The Labute approximate surface area is 99.9 Å². The Hall–Kier alpha value is -1.88. The first-order chi connectivity index (χ1) is 8.08. The predicted molar refractivity (Wildman–Crippen MR) is 64.4 cm³/mol. The number of nitrogens with one attached hydrogen (secondary N) is 1. The van der Waals surface area contributed by atoms with Gasteiger partial charge in [0, 0.05) is 12.1 Å². The van der Waals surface area contributed by atoms with Gasteiger partial charge in [0.2, 0.25) is 11.8 Å². The maximum atomic E-state index is 11.4. The highest BCUT2D eigenvalue weighted by atomic mass is 16.5. The molecule has 1 rings (SSSR count). The fourth-order valence-corrected chi connectivity index (χ4v) is 1.26. The van der Waals surface area contributed by atoms with Crippen LogP contribution < -0.4 is 11.1 Å². The second kappa shape index (κ2) is 6.65. The first-order valence-electron chi connectivity index (χ1n) is 5.30. The molecule has 5 nitrogen and oxygen atoms in total. The van der Waals surface area contributed by atoms with Gasteiger partial charge in [-0.25, -0.2) is 0 Å². The van der Waals surface area contributed by atoms with E-state index in [1.807, 2.05) is 25.1 Å². The largest absolute Gasteiger partial charge is 0.371 e. The quantitative estimate of drug-likeness (QED) is 0.718. The van der Waals surface area contributed by atoms with Gasteiger partial charge in [0.05, 0.1) is 6.61 Å². The van der Waals surface area contributed by atoms with Gasteiger partial charge in [-0.05, 0) is 24.6 Å². The van der Waals surface area contributed by atoms with Crippen LogP contribution in [0.3, 0.4) is 0 Å². The first kappa shape index (κ1) is 13.2. The van der Waals surface area contributed by atoms with Gasteiger partial charge in [0.15, 0.2) is 0 Å². The number of hydrogen-bond donors (Lipinski definition) is 2. The van der Waals surface area contributed by atoms with Crippen molar-refractivity contribution in [1.82, 2.24) is 0 Å². The molecule has 0 saturated carbocycles. The molecule has 0 aromatic heterocycles. The van der Waals surface area contributed by atoms with Crippen molar-refractivity contribution >= 4 is 17.5 Å². The highest BCUT2D eigenvalue weighted by molar-refractivity contribution is 5.91. The molecule has 0 aliphatic heterocycles. The van der Waals surface area contributed by atoms with Crippen molar-refractivity contribution in [3.8, 4) is 0 Å². The van der Waals surface area contributed by atoms with E-state index in [0.717, 1.165) is 11.3 Å². The number of anilines is 1. The average molecular weight is 236 g/mol. The minimum atomic E-state index is -0.441. The number of carbonyl (C=O) groups excluding carboxylic acids is 2. The monoisotopic (exact) mass is 236 g/mol. The van der Waals surface area contributed by atoms with Crippen molar-refractivity contribution in [2.75, 3.05) is 18.5 Å². The minimum absolute atomic E-state index is 0.0821. The maximum Gasteiger partial charge on any atom is 0.250 e. The molecule has 2 amide bonds. The molecule has 0 spiro atoms. The number of benzene rings is 1. The van der Waals surface area contributed by atoms with Crippen molar-refractivity contribution in [3.05, 3.63) is 29.8 Å². The van der Waals surface area contributed by atoms with Crippen LogP contribution in [0.5, 0.6) is 0 Å². The van der Waals surface area contributed by atoms with Gasteiger partial charge in [-0.15, -0.1) is 0 Å². The lowest BCUT2D eigenvalue weighted by atomic mass is 10.2. The van der Waals surface area contributed by atoms with Crippen LogP contribution in [-0.2, 0) is 14.3 Å². The Morgan fingerprint density at radius 2 is 2.18 bits per heavy atom. The average Bonchev–Trinajstić information content (AvgIpc) is 2.24. The van der Waals surface area contributed by atoms with Gasteiger partial charge in [0.25, 0.3) is 0 Å². The van der Waals surface area contributed by atoms with Gasteiger partial charge in [-0.1, -0.05) is 12.1 Å². The van der Waals surface area contributed by atoms with Crippen LogP contribution in [0.15, 0.2) is 24.3 Å². The molecule has 1 aromatic rings. The third-order valence-corrected chi connectivity index (χ3v) is 2.03. The van der Waals surface area contributed by atoms with Crippen molar-refractivity contribution in [1.29, 1.82) is 0 Å². The van der Waals surface area contributed by atoms with Crippen LogP contribution in [0.25, 0.3) is 0 Å². The molecule has 1 aromatic carbocycles. The lowest BCUT2D eigenvalue weighted by Gasteiger charge is -2.06. The number of amides is 2. The summed E-state index contributed by atoms with van der Waals surface area (Å²) in [5.74, 6) is -0.691. The zero-order valence-corrected chi connectivity index (χ0v) is 9.73. The first-order valence-corrected chi connectivity index (χ1v) is 5.30. The maximum absolute atomic E-state index is 11.4. The summed E-state index contributed by atoms with van der Waals surface area (Å²) in [4.78, 5) is 21.8. The molecule has 0 aliphatic rings. The number of hydrogen-bond acceptors (Lipinski definition) is 3. The van der Waals surface area contributed by atoms with E-state index in [4.69, 9.17) is 10.5 Å². The summed E-state index contributed by atoms with van der Waals surface area (Å²) in [6.45, 7) is 2.02. The van der Waals surface area contributed by atoms with E-state index in [9.17, 15) is 9.59 Å². The van der Waals surface area contributed by atoms with Crippen LogP contribution in [0.2, 0.25) is 0 Å². The van der Waals surface area contributed by atoms with Crippen LogP contribution in [0, 0.1) is 6.92 Å². The van der Waals surface area contributed by atoms with Crippen LogP contribution in [0.4, 0.5) is 5.69 Å². The van der Waals surface area contributed by atoms with Crippen molar-refractivity contribution in [2.24, 2.45) is 5.73 Å². The highest BCUT2D eigenvalue weighted by Gasteiger charge is 2.03. The third kappa shape index (κ3) is 5.67. The fourth-order valence-electron chi connectivity index (χ4n) is 1.26. The molecular weight excluding hydrogens is 220 g/mol. The second-order valence-electron chi connectivity index (χ2n) is 3.69. The Bertz CT molecular complexity index is 404. The molecule has 0 bridgehead atoms. The number of nitrogens with two attached hydrogens (primary N) is 1. The Balaban J connectivity index is 2.27. The summed E-state index contributed by atoms with van der Waals surface area (Å²) in [5, 5.41) is 2.69. The highest BCUT2D eigenvalue weighted by Crippen LogP contribution is 2.08. The number of ether oxygens (including phenoxy) is 1. The summed E-state index contributed by atoms with van der Waals surface area (Å²) >= 11 is 0. The molecule has 0 aliphatic carbocycles. The molecule has 3 N–H and O–H groups in total. The second-order valence-corrected chi connectivity index (χ2v) is 3.69. The molecule has 5 heteroatoms. The summed E-state index contributed by atoms with van der Waals surface area (Å²) < 4.78 is 5.00. The van der Waals surface area contributed by atoms with Gasteiger partial charge in [-0.2, -0.15) is 0 Å². The van der Waals surface area contributed by atoms with Crippen LogP contribution in [0.1, 0.15) is 12.0 Å². The Morgan fingerprint density at radius 3 is 2.82 bits per heavy atom. The number of carbonyl (C=O) groups is 2.